The van der Waals surface area contributed by atoms with Gasteiger partial charge in [0.25, 0.3) is 12.3 Å². The molecular formula is C47H53ClF2N10O4. The molecule has 14 nitrogen and oxygen atoms in total. The lowest BCUT2D eigenvalue weighted by Crippen LogP contribution is -2.46. The van der Waals surface area contributed by atoms with Crippen molar-refractivity contribution in [3.63, 3.8) is 0 Å². The predicted octanol–water partition coefficient (Wildman–Crippen LogP) is 7.32. The Morgan fingerprint density at radius 1 is 0.875 bits per heavy atom. The number of nitrogens with one attached hydrogen (secondary N) is 1. The Labute approximate surface area is 376 Å². The molecule has 9 rings (SSSR count). The van der Waals surface area contributed by atoms with Gasteiger partial charge in [0, 0.05) is 93.1 Å². The standard InChI is InChI=1S/C47H53ClF2N10O4/c1-29(61)58-24-18-41-38(28-58)45(59-19-2-3-30-4-5-32(44(49)50)25-42(30)59)55-60(41)35-16-22-57(23-17-35)47(63)31-14-20-56(21-15-31)43-13-12-40(53-54-43)46(62)52-34-7-10-36(11-8-34)64-37-9-6-33(27-51)39(48)26-37/h4-6,9,12-13,25-26,31,34-36,44H,2-3,7-8,10-11,14-24,28H2,1H3,(H,52,62). The second-order valence-corrected chi connectivity index (χ2v) is 18.1. The van der Waals surface area contributed by atoms with Gasteiger partial charge in [-0.2, -0.15) is 10.4 Å². The SMILES string of the molecule is CC(=O)N1CCc2c(c(N3CCCc4ccc(C(F)F)cc43)nn2C2CCN(C(=O)C3CCN(c4ccc(C(=O)NC5CCC(Oc6ccc(C#N)c(Cl)c6)CC5)nn4)CC3)CC2)C1. The number of anilines is 3. The number of piperidine rings is 2. The fourth-order valence-electron chi connectivity index (χ4n) is 10.2. The number of fused-ring (bicyclic) bond motifs is 2. The summed E-state index contributed by atoms with van der Waals surface area (Å²) < 4.78 is 35.9. The summed E-state index contributed by atoms with van der Waals surface area (Å²) in [5.41, 5.74) is 4.52. The molecule has 3 amide bonds. The number of rotatable bonds is 9. The number of aromatic nitrogens is 4. The molecule has 2 saturated heterocycles. The number of likely N-dealkylation sites (tertiary alicyclic amines) is 1. The third-order valence-electron chi connectivity index (χ3n) is 13.8. The van der Waals surface area contributed by atoms with Crippen molar-refractivity contribution in [2.75, 3.05) is 49.1 Å². The van der Waals surface area contributed by atoms with Gasteiger partial charge in [-0.3, -0.25) is 19.1 Å². The first-order chi connectivity index (χ1) is 31.0. The van der Waals surface area contributed by atoms with Crippen LogP contribution in [0.25, 0.3) is 0 Å². The molecule has 1 saturated carbocycles. The minimum Gasteiger partial charge on any atom is -0.490 e. The van der Waals surface area contributed by atoms with E-state index >= 15 is 0 Å². The summed E-state index contributed by atoms with van der Waals surface area (Å²) in [4.78, 5) is 47.5. The predicted molar refractivity (Wildman–Crippen MR) is 236 cm³/mol. The summed E-state index contributed by atoms with van der Waals surface area (Å²) >= 11 is 6.16. The van der Waals surface area contributed by atoms with Gasteiger partial charge in [-0.15, -0.1) is 10.2 Å². The quantitative estimate of drug-likeness (QED) is 0.181. The van der Waals surface area contributed by atoms with Crippen LogP contribution < -0.4 is 19.9 Å². The minimum absolute atomic E-state index is 0.000365. The maximum atomic E-state index is 13.9. The summed E-state index contributed by atoms with van der Waals surface area (Å²) in [6, 6.07) is 15.6. The van der Waals surface area contributed by atoms with Crippen molar-refractivity contribution in [3.05, 3.63) is 87.2 Å². The number of nitriles is 1. The maximum absolute atomic E-state index is 13.9. The average molecular weight is 895 g/mol. The summed E-state index contributed by atoms with van der Waals surface area (Å²) in [6.45, 7) is 5.82. The molecule has 17 heteroatoms. The molecule has 5 aliphatic rings. The van der Waals surface area contributed by atoms with Crippen molar-refractivity contribution < 1.29 is 27.9 Å². The van der Waals surface area contributed by atoms with Crippen molar-refractivity contribution in [1.82, 2.24) is 35.1 Å². The van der Waals surface area contributed by atoms with Crippen LogP contribution in [0.3, 0.4) is 0 Å². The van der Waals surface area contributed by atoms with E-state index in [9.17, 15) is 23.2 Å². The van der Waals surface area contributed by atoms with E-state index in [0.717, 1.165) is 79.7 Å². The molecule has 4 aromatic rings. The molecule has 336 valence electrons. The van der Waals surface area contributed by atoms with Gasteiger partial charge in [0.1, 0.15) is 11.8 Å². The average Bonchev–Trinajstić information content (AvgIpc) is 3.70. The number of aryl methyl sites for hydroxylation is 1. The molecule has 64 heavy (non-hydrogen) atoms. The van der Waals surface area contributed by atoms with Gasteiger partial charge >= 0.3 is 0 Å². The monoisotopic (exact) mass is 894 g/mol. The van der Waals surface area contributed by atoms with Crippen LogP contribution in [0.1, 0.15) is 116 Å². The van der Waals surface area contributed by atoms with Gasteiger partial charge in [-0.25, -0.2) is 8.78 Å². The molecule has 1 aliphatic carbocycles. The van der Waals surface area contributed by atoms with Crippen LogP contribution in [-0.2, 0) is 29.0 Å². The highest BCUT2D eigenvalue weighted by atomic mass is 35.5. The molecule has 0 radical (unpaired) electrons. The molecule has 0 bridgehead atoms. The molecule has 1 N–H and O–H groups in total. The summed E-state index contributed by atoms with van der Waals surface area (Å²) in [6.07, 6.45) is 5.73. The Morgan fingerprint density at radius 3 is 2.34 bits per heavy atom. The highest BCUT2D eigenvalue weighted by molar-refractivity contribution is 6.31. The molecule has 3 fully saturated rings. The minimum atomic E-state index is -2.57. The second kappa shape index (κ2) is 18.7. The highest BCUT2D eigenvalue weighted by Gasteiger charge is 2.36. The number of benzene rings is 2. The van der Waals surface area contributed by atoms with E-state index in [2.05, 4.69) is 36.1 Å². The van der Waals surface area contributed by atoms with Crippen LogP contribution in [-0.4, -0.2) is 98.9 Å². The van der Waals surface area contributed by atoms with Crippen LogP contribution in [0.15, 0.2) is 48.5 Å². The van der Waals surface area contributed by atoms with Gasteiger partial charge < -0.3 is 29.7 Å². The Hall–Kier alpha value is -5.82. The second-order valence-electron chi connectivity index (χ2n) is 17.7. The van der Waals surface area contributed by atoms with E-state index < -0.39 is 6.43 Å². The van der Waals surface area contributed by atoms with Crippen molar-refractivity contribution >= 4 is 46.6 Å². The number of hydrogen-bond donors (Lipinski definition) is 1. The molecule has 0 unspecified atom stereocenters. The number of nitrogens with zero attached hydrogens (tertiary/aromatic N) is 9. The number of carbonyl (C=O) groups excluding carboxylic acids is 3. The normalized spacial score (nSPS) is 20.7. The third kappa shape index (κ3) is 9.09. The van der Waals surface area contributed by atoms with E-state index in [4.69, 9.17) is 26.7 Å². The van der Waals surface area contributed by atoms with Gasteiger partial charge in [-0.05, 0) is 100 Å². The van der Waals surface area contributed by atoms with Crippen molar-refractivity contribution in [2.45, 2.75) is 109 Å². The Kier molecular flexibility index (Phi) is 12.7. The van der Waals surface area contributed by atoms with Crippen LogP contribution in [0.2, 0.25) is 5.02 Å². The smallest absolute Gasteiger partial charge is 0.272 e. The Bertz CT molecular complexity index is 2420. The fraction of sp³-hybridized carbons (Fsp3) is 0.511. The van der Waals surface area contributed by atoms with E-state index in [1.807, 2.05) is 21.9 Å². The Morgan fingerprint density at radius 2 is 1.66 bits per heavy atom. The Balaban J connectivity index is 0.763. The molecule has 0 atom stereocenters. The first kappa shape index (κ1) is 43.4. The van der Waals surface area contributed by atoms with Crippen LogP contribution in [0.4, 0.5) is 26.1 Å². The number of hydrogen-bond acceptors (Lipinski definition) is 10. The molecule has 2 aromatic carbocycles. The summed E-state index contributed by atoms with van der Waals surface area (Å²) in [7, 11) is 0. The zero-order valence-corrected chi connectivity index (χ0v) is 36.8. The van der Waals surface area contributed by atoms with E-state index in [0.29, 0.717) is 87.2 Å². The number of alkyl halides is 2. The van der Waals surface area contributed by atoms with E-state index in [-0.39, 0.29) is 53.1 Å². The van der Waals surface area contributed by atoms with Crippen molar-refractivity contribution in [1.29, 1.82) is 5.26 Å². The lowest BCUT2D eigenvalue weighted by atomic mass is 9.92. The van der Waals surface area contributed by atoms with Crippen LogP contribution in [0.5, 0.6) is 5.75 Å². The van der Waals surface area contributed by atoms with Gasteiger partial charge in [0.2, 0.25) is 11.8 Å². The van der Waals surface area contributed by atoms with Crippen LogP contribution >= 0.6 is 11.6 Å². The van der Waals surface area contributed by atoms with Gasteiger partial charge in [0.05, 0.1) is 29.3 Å². The zero-order chi connectivity index (χ0) is 44.5. The third-order valence-corrected chi connectivity index (χ3v) is 14.1. The van der Waals surface area contributed by atoms with Crippen LogP contribution in [0, 0.1) is 17.2 Å². The maximum Gasteiger partial charge on any atom is 0.272 e. The molecule has 2 aromatic heterocycles. The molecule has 0 spiro atoms. The van der Waals surface area contributed by atoms with Gasteiger partial charge in [0.15, 0.2) is 17.3 Å². The lowest BCUT2D eigenvalue weighted by molar-refractivity contribution is -0.137. The number of halogens is 3. The number of ether oxygens (including phenoxy) is 1. The zero-order valence-electron chi connectivity index (χ0n) is 36.0. The van der Waals surface area contributed by atoms with Crippen molar-refractivity contribution in [3.8, 4) is 11.8 Å². The molecule has 6 heterocycles. The topological polar surface area (TPSA) is 153 Å². The van der Waals surface area contributed by atoms with E-state index in [1.54, 1.807) is 37.3 Å². The largest absolute Gasteiger partial charge is 0.490 e. The molecule has 4 aliphatic heterocycles. The summed E-state index contributed by atoms with van der Waals surface area (Å²) in [5.74, 6) is 1.88. The fourth-order valence-corrected chi connectivity index (χ4v) is 10.4. The lowest BCUT2D eigenvalue weighted by Gasteiger charge is -2.38. The highest BCUT2D eigenvalue weighted by Crippen LogP contribution is 2.41. The van der Waals surface area contributed by atoms with Gasteiger partial charge in [-0.1, -0.05) is 23.7 Å². The number of amides is 3. The first-order valence-corrected chi connectivity index (χ1v) is 23.0. The van der Waals surface area contributed by atoms with Crippen molar-refractivity contribution in [2.24, 2.45) is 5.92 Å². The summed E-state index contributed by atoms with van der Waals surface area (Å²) in [5, 5.41) is 26.5. The van der Waals surface area contributed by atoms with E-state index in [1.165, 1.54) is 6.07 Å². The number of carbonyl (C=O) groups is 3. The first-order valence-electron chi connectivity index (χ1n) is 22.6. The molecular weight excluding hydrogens is 842 g/mol.